The normalized spacial score (nSPS) is 22.9. The minimum atomic E-state index is 0.397. The molecule has 0 aromatic carbocycles. The maximum atomic E-state index is 5.61. The van der Waals surface area contributed by atoms with E-state index < -0.39 is 0 Å². The van der Waals surface area contributed by atoms with Crippen molar-refractivity contribution >= 4 is 0 Å². The molecule has 1 saturated heterocycles. The summed E-state index contributed by atoms with van der Waals surface area (Å²) in [6.07, 6.45) is 2.90. The summed E-state index contributed by atoms with van der Waals surface area (Å²) in [5, 5.41) is 3.53. The van der Waals surface area contributed by atoms with Crippen molar-refractivity contribution in [2.24, 2.45) is 5.41 Å². The average molecular weight is 242 g/mol. The summed E-state index contributed by atoms with van der Waals surface area (Å²) in [6, 6.07) is 0. The fourth-order valence-corrected chi connectivity index (χ4v) is 2.68. The van der Waals surface area contributed by atoms with Crippen molar-refractivity contribution in [2.45, 2.75) is 46.6 Å². The maximum Gasteiger partial charge on any atom is 0.0674 e. The van der Waals surface area contributed by atoms with E-state index in [0.717, 1.165) is 32.8 Å². The lowest BCUT2D eigenvalue weighted by molar-refractivity contribution is -0.0334. The lowest BCUT2D eigenvalue weighted by Gasteiger charge is -2.40. The van der Waals surface area contributed by atoms with Crippen LogP contribution in [-0.2, 0) is 4.74 Å². The number of rotatable bonds is 7. The second kappa shape index (κ2) is 7.34. The van der Waals surface area contributed by atoms with Crippen LogP contribution in [0.5, 0.6) is 0 Å². The number of ether oxygens (including phenoxy) is 1. The lowest BCUT2D eigenvalue weighted by atomic mass is 9.81. The molecule has 3 heteroatoms. The number of nitrogens with zero attached hydrogens (tertiary/aromatic N) is 1. The minimum absolute atomic E-state index is 0.397. The van der Waals surface area contributed by atoms with Gasteiger partial charge in [-0.05, 0) is 31.7 Å². The molecule has 0 aromatic heterocycles. The molecule has 1 aliphatic heterocycles. The zero-order valence-electron chi connectivity index (χ0n) is 12.1. The number of hydrogen-bond donors (Lipinski definition) is 1. The monoisotopic (exact) mass is 242 g/mol. The van der Waals surface area contributed by atoms with E-state index in [1.807, 2.05) is 0 Å². The van der Waals surface area contributed by atoms with E-state index in [2.05, 4.69) is 37.9 Å². The van der Waals surface area contributed by atoms with Crippen LogP contribution >= 0.6 is 0 Å². The van der Waals surface area contributed by atoms with E-state index in [1.165, 1.54) is 19.4 Å². The molecule has 1 atom stereocenters. The summed E-state index contributed by atoms with van der Waals surface area (Å²) >= 11 is 0. The molecule has 1 aliphatic rings. The fraction of sp³-hybridized carbons (Fsp3) is 1.00. The van der Waals surface area contributed by atoms with Crippen molar-refractivity contribution < 1.29 is 4.74 Å². The molecular formula is C14H30N2O. The highest BCUT2D eigenvalue weighted by Crippen LogP contribution is 2.27. The molecule has 1 fully saturated rings. The van der Waals surface area contributed by atoms with Crippen molar-refractivity contribution in [3.63, 3.8) is 0 Å². The average Bonchev–Trinajstić information content (AvgIpc) is 2.35. The van der Waals surface area contributed by atoms with E-state index in [4.69, 9.17) is 4.74 Å². The van der Waals surface area contributed by atoms with Gasteiger partial charge in [-0.15, -0.1) is 0 Å². The van der Waals surface area contributed by atoms with E-state index in [9.17, 15) is 0 Å². The van der Waals surface area contributed by atoms with E-state index in [-0.39, 0.29) is 0 Å². The van der Waals surface area contributed by atoms with Gasteiger partial charge in [0, 0.05) is 26.2 Å². The maximum absolute atomic E-state index is 5.61. The molecule has 1 unspecified atom stereocenters. The van der Waals surface area contributed by atoms with Gasteiger partial charge in [-0.1, -0.05) is 20.8 Å². The largest absolute Gasteiger partial charge is 0.376 e. The van der Waals surface area contributed by atoms with Gasteiger partial charge in [0.15, 0.2) is 0 Å². The Hall–Kier alpha value is -0.120. The van der Waals surface area contributed by atoms with Crippen LogP contribution in [0.15, 0.2) is 0 Å². The smallest absolute Gasteiger partial charge is 0.0674 e. The van der Waals surface area contributed by atoms with Gasteiger partial charge in [0.25, 0.3) is 0 Å². The van der Waals surface area contributed by atoms with Gasteiger partial charge in [-0.2, -0.15) is 0 Å². The molecule has 1 N–H and O–H groups in total. The molecule has 0 amide bonds. The highest BCUT2D eigenvalue weighted by Gasteiger charge is 2.30. The van der Waals surface area contributed by atoms with Crippen LogP contribution < -0.4 is 5.32 Å². The zero-order valence-corrected chi connectivity index (χ0v) is 12.1. The molecule has 0 spiro atoms. The summed E-state index contributed by atoms with van der Waals surface area (Å²) in [5.41, 5.74) is 0.438. The van der Waals surface area contributed by atoms with Crippen LogP contribution in [0.2, 0.25) is 0 Å². The van der Waals surface area contributed by atoms with Crippen LogP contribution in [0.1, 0.15) is 40.5 Å². The highest BCUT2D eigenvalue weighted by molar-refractivity contribution is 4.84. The Morgan fingerprint density at radius 2 is 2.00 bits per heavy atom. The van der Waals surface area contributed by atoms with Crippen LogP contribution in [-0.4, -0.2) is 50.3 Å². The summed E-state index contributed by atoms with van der Waals surface area (Å²) in [6.45, 7) is 15.5. The van der Waals surface area contributed by atoms with Crippen molar-refractivity contribution in [1.29, 1.82) is 0 Å². The van der Waals surface area contributed by atoms with Gasteiger partial charge in [0.1, 0.15) is 0 Å². The third kappa shape index (κ3) is 4.57. The molecule has 0 radical (unpaired) electrons. The summed E-state index contributed by atoms with van der Waals surface area (Å²) in [7, 11) is 0. The number of hydrogen-bond acceptors (Lipinski definition) is 3. The third-order valence-electron chi connectivity index (χ3n) is 4.13. The molecule has 0 aromatic rings. The molecule has 1 heterocycles. The molecule has 17 heavy (non-hydrogen) atoms. The van der Waals surface area contributed by atoms with Crippen LogP contribution in [0, 0.1) is 5.41 Å². The second-order valence-corrected chi connectivity index (χ2v) is 5.40. The van der Waals surface area contributed by atoms with Gasteiger partial charge in [0.05, 0.1) is 12.7 Å². The predicted molar refractivity (Wildman–Crippen MR) is 73.4 cm³/mol. The zero-order chi connectivity index (χ0) is 12.7. The van der Waals surface area contributed by atoms with Crippen LogP contribution in [0.4, 0.5) is 0 Å². The van der Waals surface area contributed by atoms with E-state index in [0.29, 0.717) is 11.5 Å². The second-order valence-electron chi connectivity index (χ2n) is 5.40. The topological polar surface area (TPSA) is 24.5 Å². The van der Waals surface area contributed by atoms with Crippen molar-refractivity contribution in [3.8, 4) is 0 Å². The molecule has 3 nitrogen and oxygen atoms in total. The molecule has 0 bridgehead atoms. The lowest BCUT2D eigenvalue weighted by Crippen LogP contribution is -2.49. The van der Waals surface area contributed by atoms with Gasteiger partial charge in [0.2, 0.25) is 0 Å². The van der Waals surface area contributed by atoms with E-state index in [1.54, 1.807) is 0 Å². The van der Waals surface area contributed by atoms with Gasteiger partial charge < -0.3 is 10.1 Å². The molecule has 1 rings (SSSR count). The summed E-state index contributed by atoms with van der Waals surface area (Å²) in [4.78, 5) is 2.58. The van der Waals surface area contributed by atoms with Crippen molar-refractivity contribution in [3.05, 3.63) is 0 Å². The summed E-state index contributed by atoms with van der Waals surface area (Å²) < 4.78 is 5.61. The third-order valence-corrected chi connectivity index (χ3v) is 4.13. The Balaban J connectivity index is 2.52. The van der Waals surface area contributed by atoms with Gasteiger partial charge in [-0.3, -0.25) is 4.90 Å². The number of morpholine rings is 1. The summed E-state index contributed by atoms with van der Waals surface area (Å²) in [5.74, 6) is 0. The first kappa shape index (κ1) is 14.9. The first-order valence-electron chi connectivity index (χ1n) is 7.20. The Labute approximate surface area is 107 Å². The first-order chi connectivity index (χ1) is 8.15. The molecule has 102 valence electrons. The molecule has 0 aliphatic carbocycles. The van der Waals surface area contributed by atoms with Crippen LogP contribution in [0.25, 0.3) is 0 Å². The Morgan fingerprint density at radius 3 is 2.53 bits per heavy atom. The predicted octanol–water partition coefficient (Wildman–Crippen LogP) is 2.12. The fourth-order valence-electron chi connectivity index (χ4n) is 2.68. The van der Waals surface area contributed by atoms with Crippen molar-refractivity contribution in [1.82, 2.24) is 10.2 Å². The number of nitrogens with one attached hydrogen (secondary N) is 1. The first-order valence-corrected chi connectivity index (χ1v) is 7.20. The molecular weight excluding hydrogens is 212 g/mol. The molecule has 0 saturated carbocycles. The van der Waals surface area contributed by atoms with Gasteiger partial charge in [-0.25, -0.2) is 0 Å². The van der Waals surface area contributed by atoms with Crippen molar-refractivity contribution in [2.75, 3.05) is 39.3 Å². The SMILES string of the molecule is CCNCC(CC)(CC)CN1CCOC(C)C1. The Morgan fingerprint density at radius 1 is 1.29 bits per heavy atom. The van der Waals surface area contributed by atoms with Gasteiger partial charge >= 0.3 is 0 Å². The standard InChI is InChI=1S/C14H30N2O/c1-5-14(6-2,11-15-7-3)12-16-8-9-17-13(4)10-16/h13,15H,5-12H2,1-4H3. The van der Waals surface area contributed by atoms with E-state index >= 15 is 0 Å². The van der Waals surface area contributed by atoms with Crippen LogP contribution in [0.3, 0.4) is 0 Å². The quantitative estimate of drug-likeness (QED) is 0.740. The Kier molecular flexibility index (Phi) is 6.45. The minimum Gasteiger partial charge on any atom is -0.376 e. The Bertz CT molecular complexity index is 204. The highest BCUT2D eigenvalue weighted by atomic mass is 16.5.